The third-order valence-electron chi connectivity index (χ3n) is 7.95. The number of hydrogen-bond donors (Lipinski definition) is 2. The molecule has 0 radical (unpaired) electrons. The minimum atomic E-state index is -0.201. The topological polar surface area (TPSA) is 75.3 Å². The molecule has 1 saturated heterocycles. The van der Waals surface area contributed by atoms with E-state index in [2.05, 4.69) is 71.4 Å². The van der Waals surface area contributed by atoms with Gasteiger partial charge < -0.3 is 29.7 Å². The molecular weight excluding hydrogens is 523 g/mol. The first-order chi connectivity index (χ1) is 20.0. The molecule has 1 fully saturated rings. The highest BCUT2D eigenvalue weighted by Crippen LogP contribution is 2.42. The molecule has 2 N–H and O–H groups in total. The van der Waals surface area contributed by atoms with Gasteiger partial charge in [0.2, 0.25) is 5.91 Å². The molecule has 4 rings (SSSR count). The first kappa shape index (κ1) is 31.1. The highest BCUT2D eigenvalue weighted by molar-refractivity contribution is 5.86. The summed E-state index contributed by atoms with van der Waals surface area (Å²) >= 11 is 0. The number of carbonyl (C=O) groups excluding carboxylic acids is 1. The van der Waals surface area contributed by atoms with E-state index in [1.54, 1.807) is 6.07 Å². The van der Waals surface area contributed by atoms with E-state index in [-0.39, 0.29) is 17.8 Å². The molecule has 1 heterocycles. The maximum atomic E-state index is 14.8. The third kappa shape index (κ3) is 8.83. The highest BCUT2D eigenvalue weighted by atomic mass is 19.1. The number of halogens is 1. The molecule has 41 heavy (non-hydrogen) atoms. The summed E-state index contributed by atoms with van der Waals surface area (Å²) in [5.41, 5.74) is 4.46. The lowest BCUT2D eigenvalue weighted by Gasteiger charge is -2.26. The number of fused-ring (bicyclic) bond motifs is 1. The van der Waals surface area contributed by atoms with Crippen LogP contribution in [0.5, 0.6) is 0 Å². The van der Waals surface area contributed by atoms with Crippen molar-refractivity contribution < 1.29 is 23.4 Å². The van der Waals surface area contributed by atoms with E-state index in [0.29, 0.717) is 64.7 Å². The molecule has 1 unspecified atom stereocenters. The minimum absolute atomic E-state index is 0.0632. The summed E-state index contributed by atoms with van der Waals surface area (Å²) in [5.74, 6) is 0.0880. The fourth-order valence-corrected chi connectivity index (χ4v) is 5.90. The smallest absolute Gasteiger partial charge is 0.243 e. The van der Waals surface area contributed by atoms with Gasteiger partial charge in [-0.15, -0.1) is 0 Å². The van der Waals surface area contributed by atoms with Crippen molar-refractivity contribution in [2.75, 3.05) is 85.2 Å². The monoisotopic (exact) mass is 568 g/mol. The van der Waals surface area contributed by atoms with Crippen molar-refractivity contribution in [3.05, 3.63) is 77.6 Å². The van der Waals surface area contributed by atoms with Gasteiger partial charge in [0.05, 0.1) is 39.6 Å². The van der Waals surface area contributed by atoms with Crippen molar-refractivity contribution in [1.82, 2.24) is 15.1 Å². The van der Waals surface area contributed by atoms with Gasteiger partial charge in [-0.1, -0.05) is 30.8 Å². The molecule has 1 amide bonds. The quantitative estimate of drug-likeness (QED) is 0.223. The number of nitrogens with one attached hydrogen (secondary N) is 2. The fourth-order valence-electron chi connectivity index (χ4n) is 5.90. The third-order valence-corrected chi connectivity index (χ3v) is 7.95. The molecule has 8 nitrogen and oxygen atoms in total. The van der Waals surface area contributed by atoms with Crippen LogP contribution in [0.4, 0.5) is 10.1 Å². The molecule has 9 heteroatoms. The Balaban J connectivity index is 1.16. The maximum absolute atomic E-state index is 14.8. The number of likely N-dealkylation sites (tertiary alicyclic amines) is 1. The van der Waals surface area contributed by atoms with Gasteiger partial charge in [-0.05, 0) is 62.3 Å². The Morgan fingerprint density at radius 2 is 1.73 bits per heavy atom. The predicted octanol–water partition coefficient (Wildman–Crippen LogP) is 3.61. The summed E-state index contributed by atoms with van der Waals surface area (Å²) in [6.07, 6.45) is 3.17. The predicted molar refractivity (Wildman–Crippen MR) is 160 cm³/mol. The van der Waals surface area contributed by atoms with Crippen molar-refractivity contribution in [1.29, 1.82) is 0 Å². The first-order valence-electron chi connectivity index (χ1n) is 14.6. The summed E-state index contributed by atoms with van der Waals surface area (Å²) in [5, 5.41) is 6.13. The molecule has 0 spiro atoms. The summed E-state index contributed by atoms with van der Waals surface area (Å²) in [6.45, 7) is 9.41. The molecule has 1 aliphatic carbocycles. The van der Waals surface area contributed by atoms with Gasteiger partial charge in [0.25, 0.3) is 0 Å². The Bertz CT molecular complexity index is 1130. The van der Waals surface area contributed by atoms with Crippen molar-refractivity contribution in [3.63, 3.8) is 0 Å². The number of aryl methyl sites for hydroxylation is 1. The number of amides is 1. The standard InChI is InChI=1S/C32H45FN4O4/c1-4-31(38)35-14-16-40-18-20-41-19-17-39-15-13-34-26-9-5-8-25(21-26)27-22-37(23-30(27)36(2)3)29-12-11-24-7-6-10-28(33)32(24)29/h4-10,21,27,29-30,34H,1,11-20,22-23H2,2-3H3,(H,35,38)/t27-,29?,30+/m1/s1. The average Bonchev–Trinajstić information content (AvgIpc) is 3.61. The second-order valence-corrected chi connectivity index (χ2v) is 10.8. The van der Waals surface area contributed by atoms with Crippen LogP contribution in [0.15, 0.2) is 55.1 Å². The van der Waals surface area contributed by atoms with E-state index in [0.717, 1.165) is 42.7 Å². The zero-order valence-corrected chi connectivity index (χ0v) is 24.4. The van der Waals surface area contributed by atoms with E-state index in [1.165, 1.54) is 11.6 Å². The van der Waals surface area contributed by atoms with Crippen LogP contribution in [0.1, 0.15) is 35.1 Å². The van der Waals surface area contributed by atoms with Crippen LogP contribution in [-0.2, 0) is 25.4 Å². The van der Waals surface area contributed by atoms with E-state index < -0.39 is 0 Å². The normalized spacial score (nSPS) is 20.3. The van der Waals surface area contributed by atoms with Crippen LogP contribution in [0.25, 0.3) is 0 Å². The van der Waals surface area contributed by atoms with Gasteiger partial charge in [-0.25, -0.2) is 4.39 Å². The van der Waals surface area contributed by atoms with Crippen LogP contribution in [0, 0.1) is 5.82 Å². The van der Waals surface area contributed by atoms with Gasteiger partial charge in [-0.3, -0.25) is 9.69 Å². The van der Waals surface area contributed by atoms with E-state index in [9.17, 15) is 9.18 Å². The Morgan fingerprint density at radius 3 is 2.46 bits per heavy atom. The molecule has 224 valence electrons. The van der Waals surface area contributed by atoms with Crippen molar-refractivity contribution in [2.45, 2.75) is 30.8 Å². The van der Waals surface area contributed by atoms with E-state index in [1.807, 2.05) is 6.07 Å². The lowest BCUT2D eigenvalue weighted by molar-refractivity contribution is -0.116. The largest absolute Gasteiger partial charge is 0.383 e. The van der Waals surface area contributed by atoms with E-state index >= 15 is 0 Å². The molecule has 3 atom stereocenters. The van der Waals surface area contributed by atoms with Crippen molar-refractivity contribution in [3.8, 4) is 0 Å². The molecule has 2 aromatic carbocycles. The number of likely N-dealkylation sites (N-methyl/N-ethyl adjacent to an activating group) is 1. The number of carbonyl (C=O) groups is 1. The molecule has 0 aromatic heterocycles. The zero-order chi connectivity index (χ0) is 29.0. The van der Waals surface area contributed by atoms with Gasteiger partial charge in [0.15, 0.2) is 0 Å². The summed E-state index contributed by atoms with van der Waals surface area (Å²) in [7, 11) is 4.29. The highest BCUT2D eigenvalue weighted by Gasteiger charge is 2.41. The Labute approximate surface area is 243 Å². The lowest BCUT2D eigenvalue weighted by Crippen LogP contribution is -2.35. The van der Waals surface area contributed by atoms with Gasteiger partial charge in [0.1, 0.15) is 5.82 Å². The van der Waals surface area contributed by atoms with Gasteiger partial charge >= 0.3 is 0 Å². The number of anilines is 1. The second kappa shape index (κ2) is 16.0. The minimum Gasteiger partial charge on any atom is -0.383 e. The number of benzene rings is 2. The number of ether oxygens (including phenoxy) is 3. The van der Waals surface area contributed by atoms with Crippen LogP contribution in [-0.4, -0.2) is 102 Å². The Morgan fingerprint density at radius 1 is 1.02 bits per heavy atom. The van der Waals surface area contributed by atoms with Crippen molar-refractivity contribution >= 4 is 11.6 Å². The Hall–Kier alpha value is -2.82. The van der Waals surface area contributed by atoms with Crippen molar-refractivity contribution in [2.24, 2.45) is 0 Å². The zero-order valence-electron chi connectivity index (χ0n) is 24.4. The number of hydrogen-bond acceptors (Lipinski definition) is 7. The first-order valence-corrected chi connectivity index (χ1v) is 14.6. The van der Waals surface area contributed by atoms with Gasteiger partial charge in [-0.2, -0.15) is 0 Å². The van der Waals surface area contributed by atoms with Crippen LogP contribution < -0.4 is 10.6 Å². The van der Waals surface area contributed by atoms with Crippen LogP contribution in [0.3, 0.4) is 0 Å². The van der Waals surface area contributed by atoms with Crippen LogP contribution in [0.2, 0.25) is 0 Å². The average molecular weight is 569 g/mol. The lowest BCUT2D eigenvalue weighted by atomic mass is 9.93. The molecule has 1 aliphatic heterocycles. The molecule has 0 bridgehead atoms. The van der Waals surface area contributed by atoms with Crippen LogP contribution >= 0.6 is 0 Å². The second-order valence-electron chi connectivity index (χ2n) is 10.8. The summed E-state index contributed by atoms with van der Waals surface area (Å²) in [6, 6.07) is 14.7. The Kier molecular flexibility index (Phi) is 12.1. The molecular formula is C32H45FN4O4. The number of nitrogens with zero attached hydrogens (tertiary/aromatic N) is 2. The molecule has 2 aromatic rings. The fraction of sp³-hybridized carbons (Fsp3) is 0.531. The summed E-state index contributed by atoms with van der Waals surface area (Å²) in [4.78, 5) is 15.8. The molecule has 2 aliphatic rings. The van der Waals surface area contributed by atoms with Gasteiger partial charge in [0, 0.05) is 55.4 Å². The maximum Gasteiger partial charge on any atom is 0.243 e. The van der Waals surface area contributed by atoms with E-state index in [4.69, 9.17) is 14.2 Å². The number of rotatable bonds is 17. The summed E-state index contributed by atoms with van der Waals surface area (Å²) < 4.78 is 31.4. The SMILES string of the molecule is C=CC(=O)NCCOCCOCCOCCNc1cccc([C@H]2CN(C3CCc4cccc(F)c43)C[C@@H]2N(C)C)c1. The molecule has 0 saturated carbocycles.